The van der Waals surface area contributed by atoms with Gasteiger partial charge in [-0.05, 0) is 69.1 Å². The molecule has 26 heavy (non-hydrogen) atoms. The maximum Gasteiger partial charge on any atom is 0.255 e. The van der Waals surface area contributed by atoms with Crippen molar-refractivity contribution in [3.63, 3.8) is 0 Å². The Balaban J connectivity index is 1.25. The van der Waals surface area contributed by atoms with Gasteiger partial charge >= 0.3 is 0 Å². The number of nitrogens with zero attached hydrogens (tertiary/aromatic N) is 2. The highest BCUT2D eigenvalue weighted by Crippen LogP contribution is 2.60. The zero-order valence-corrected chi connectivity index (χ0v) is 15.3. The molecular weight excluding hydrogens is 332 g/mol. The minimum atomic E-state index is -0.230. The first-order valence-electron chi connectivity index (χ1n) is 10.3. The van der Waals surface area contributed by atoms with E-state index in [-0.39, 0.29) is 36.5 Å². The summed E-state index contributed by atoms with van der Waals surface area (Å²) in [6.45, 7) is 1.34. The third-order valence-electron chi connectivity index (χ3n) is 7.60. The van der Waals surface area contributed by atoms with Crippen LogP contribution in [0.25, 0.3) is 0 Å². The standard InChI is InChI=1S/C20H28N2O4/c23-17-11-26-12-18(24)22(17)16-1-3-21(4-2-16)19(25)20-8-13-5-14(9-20)7-15(6-13)10-20/h13-16H,1-12H2. The number of piperidine rings is 1. The molecule has 3 amide bonds. The number of ether oxygens (including phenoxy) is 1. The van der Waals surface area contributed by atoms with Crippen molar-refractivity contribution < 1.29 is 19.1 Å². The predicted molar refractivity (Wildman–Crippen MR) is 92.9 cm³/mol. The quantitative estimate of drug-likeness (QED) is 0.701. The monoisotopic (exact) mass is 360 g/mol. The fourth-order valence-electron chi connectivity index (χ4n) is 6.95. The number of rotatable bonds is 2. The van der Waals surface area contributed by atoms with Crippen LogP contribution in [-0.4, -0.2) is 59.9 Å². The van der Waals surface area contributed by atoms with E-state index in [1.165, 1.54) is 24.2 Å². The molecule has 4 saturated carbocycles. The Hall–Kier alpha value is -1.43. The van der Waals surface area contributed by atoms with Crippen LogP contribution in [0.15, 0.2) is 0 Å². The van der Waals surface area contributed by atoms with Gasteiger partial charge in [0, 0.05) is 19.1 Å². The van der Waals surface area contributed by atoms with Gasteiger partial charge in [-0.2, -0.15) is 0 Å². The van der Waals surface area contributed by atoms with Crippen molar-refractivity contribution in [3.8, 4) is 0 Å². The van der Waals surface area contributed by atoms with Gasteiger partial charge in [-0.3, -0.25) is 19.3 Å². The molecule has 4 bridgehead atoms. The van der Waals surface area contributed by atoms with Gasteiger partial charge in [0.25, 0.3) is 11.8 Å². The Morgan fingerprint density at radius 1 is 0.885 bits per heavy atom. The van der Waals surface area contributed by atoms with Gasteiger partial charge in [-0.15, -0.1) is 0 Å². The Morgan fingerprint density at radius 2 is 1.38 bits per heavy atom. The number of hydrogen-bond acceptors (Lipinski definition) is 4. The van der Waals surface area contributed by atoms with Crippen molar-refractivity contribution in [1.29, 1.82) is 0 Å². The van der Waals surface area contributed by atoms with Crippen LogP contribution < -0.4 is 0 Å². The first-order valence-corrected chi connectivity index (χ1v) is 10.3. The van der Waals surface area contributed by atoms with Crippen LogP contribution in [0, 0.1) is 23.2 Å². The van der Waals surface area contributed by atoms with Crippen molar-refractivity contribution in [2.45, 2.75) is 57.4 Å². The lowest BCUT2D eigenvalue weighted by Gasteiger charge is -2.57. The van der Waals surface area contributed by atoms with Crippen molar-refractivity contribution in [2.75, 3.05) is 26.3 Å². The van der Waals surface area contributed by atoms with E-state index < -0.39 is 0 Å². The zero-order valence-electron chi connectivity index (χ0n) is 15.3. The maximum absolute atomic E-state index is 13.4. The molecule has 6 heteroatoms. The number of amides is 3. The highest BCUT2D eigenvalue weighted by Gasteiger charge is 2.55. The number of morpholine rings is 1. The number of likely N-dealkylation sites (tertiary alicyclic amines) is 1. The number of carbonyl (C=O) groups is 3. The van der Waals surface area contributed by atoms with E-state index in [9.17, 15) is 14.4 Å². The second-order valence-corrected chi connectivity index (χ2v) is 9.37. The third-order valence-corrected chi connectivity index (χ3v) is 7.60. The van der Waals surface area contributed by atoms with Crippen molar-refractivity contribution in [3.05, 3.63) is 0 Å². The van der Waals surface area contributed by atoms with Gasteiger partial charge in [0.1, 0.15) is 13.2 Å². The molecule has 6 aliphatic rings. The molecule has 0 spiro atoms. The summed E-state index contributed by atoms with van der Waals surface area (Å²) in [7, 11) is 0. The summed E-state index contributed by atoms with van der Waals surface area (Å²) < 4.78 is 5.01. The van der Waals surface area contributed by atoms with Crippen molar-refractivity contribution in [1.82, 2.24) is 9.80 Å². The lowest BCUT2D eigenvalue weighted by Crippen LogP contribution is -2.58. The lowest BCUT2D eigenvalue weighted by molar-refractivity contribution is -0.165. The van der Waals surface area contributed by atoms with Crippen LogP contribution >= 0.6 is 0 Å². The molecule has 0 aromatic carbocycles. The Kier molecular flexibility index (Phi) is 3.89. The van der Waals surface area contributed by atoms with E-state index in [0.29, 0.717) is 31.8 Å². The summed E-state index contributed by atoms with van der Waals surface area (Å²) >= 11 is 0. The predicted octanol–water partition coefficient (Wildman–Crippen LogP) is 1.58. The Bertz CT molecular complexity index is 586. The minimum absolute atomic E-state index is 0.00182. The molecule has 0 aromatic rings. The molecular formula is C20H28N2O4. The van der Waals surface area contributed by atoms with Crippen LogP contribution in [0.3, 0.4) is 0 Å². The molecule has 0 aromatic heterocycles. The molecule has 4 aliphatic carbocycles. The highest BCUT2D eigenvalue weighted by atomic mass is 16.5. The lowest BCUT2D eigenvalue weighted by atomic mass is 9.49. The van der Waals surface area contributed by atoms with E-state index in [2.05, 4.69) is 0 Å². The fourth-order valence-corrected chi connectivity index (χ4v) is 6.95. The normalized spacial score (nSPS) is 40.4. The van der Waals surface area contributed by atoms with E-state index in [4.69, 9.17) is 4.74 Å². The first-order chi connectivity index (χ1) is 12.5. The number of imide groups is 1. The Morgan fingerprint density at radius 3 is 1.88 bits per heavy atom. The van der Waals surface area contributed by atoms with Gasteiger partial charge in [0.05, 0.1) is 5.41 Å². The summed E-state index contributed by atoms with van der Waals surface area (Å²) in [5, 5.41) is 0. The summed E-state index contributed by atoms with van der Waals surface area (Å²) in [6.07, 6.45) is 8.72. The van der Waals surface area contributed by atoms with Crippen LogP contribution in [0.1, 0.15) is 51.4 Å². The van der Waals surface area contributed by atoms with E-state index in [1.54, 1.807) is 0 Å². The molecule has 0 radical (unpaired) electrons. The molecule has 142 valence electrons. The molecule has 0 atom stereocenters. The highest BCUT2D eigenvalue weighted by molar-refractivity contribution is 5.98. The summed E-state index contributed by atoms with van der Waals surface area (Å²) in [5.41, 5.74) is -0.0911. The molecule has 6 nitrogen and oxygen atoms in total. The first kappa shape index (κ1) is 16.7. The molecule has 2 heterocycles. The second-order valence-electron chi connectivity index (χ2n) is 9.37. The summed E-state index contributed by atoms with van der Waals surface area (Å²) in [4.78, 5) is 41.0. The number of hydrogen-bond donors (Lipinski definition) is 0. The van der Waals surface area contributed by atoms with Crippen molar-refractivity contribution >= 4 is 17.7 Å². The fraction of sp³-hybridized carbons (Fsp3) is 0.850. The van der Waals surface area contributed by atoms with Crippen LogP contribution in [-0.2, 0) is 19.1 Å². The smallest absolute Gasteiger partial charge is 0.255 e. The summed E-state index contributed by atoms with van der Waals surface area (Å²) in [6, 6.07) is -0.0701. The Labute approximate surface area is 154 Å². The van der Waals surface area contributed by atoms with Crippen LogP contribution in [0.2, 0.25) is 0 Å². The minimum Gasteiger partial charge on any atom is -0.362 e. The molecule has 0 N–H and O–H groups in total. The third kappa shape index (κ3) is 2.60. The van der Waals surface area contributed by atoms with Gasteiger partial charge in [0.15, 0.2) is 0 Å². The second kappa shape index (κ2) is 6.04. The van der Waals surface area contributed by atoms with Crippen molar-refractivity contribution in [2.24, 2.45) is 23.2 Å². The SMILES string of the molecule is O=C1COCC(=O)N1C1CCN(C(=O)C23CC4CC(CC(C4)C2)C3)CC1. The van der Waals surface area contributed by atoms with Gasteiger partial charge in [0.2, 0.25) is 5.91 Å². The van der Waals surface area contributed by atoms with Gasteiger partial charge in [-0.1, -0.05) is 0 Å². The molecule has 6 rings (SSSR count). The van der Waals surface area contributed by atoms with E-state index in [0.717, 1.165) is 37.0 Å². The van der Waals surface area contributed by atoms with E-state index >= 15 is 0 Å². The zero-order chi connectivity index (χ0) is 17.9. The molecule has 2 aliphatic heterocycles. The van der Waals surface area contributed by atoms with Crippen LogP contribution in [0.5, 0.6) is 0 Å². The molecule has 6 fully saturated rings. The average Bonchev–Trinajstić information content (AvgIpc) is 2.60. The van der Waals surface area contributed by atoms with E-state index in [1.807, 2.05) is 4.90 Å². The number of carbonyl (C=O) groups excluding carboxylic acids is 3. The largest absolute Gasteiger partial charge is 0.362 e. The van der Waals surface area contributed by atoms with Gasteiger partial charge < -0.3 is 9.64 Å². The average molecular weight is 360 g/mol. The topological polar surface area (TPSA) is 66.9 Å². The summed E-state index contributed by atoms with van der Waals surface area (Å²) in [5.74, 6) is 2.22. The van der Waals surface area contributed by atoms with Gasteiger partial charge in [-0.25, -0.2) is 0 Å². The molecule has 0 unspecified atom stereocenters. The maximum atomic E-state index is 13.4. The molecule has 2 saturated heterocycles. The van der Waals surface area contributed by atoms with Crippen LogP contribution in [0.4, 0.5) is 0 Å².